The second kappa shape index (κ2) is 5.79. The summed E-state index contributed by atoms with van der Waals surface area (Å²) >= 11 is 4.84. The van der Waals surface area contributed by atoms with E-state index in [9.17, 15) is 9.59 Å². The first-order valence-corrected chi connectivity index (χ1v) is 5.40. The molecule has 0 spiro atoms. The van der Waals surface area contributed by atoms with Gasteiger partial charge in [0, 0.05) is 27.1 Å². The maximum absolute atomic E-state index is 11.9. The van der Waals surface area contributed by atoms with Crippen LogP contribution in [0.3, 0.4) is 0 Å². The number of hydrogen-bond donors (Lipinski definition) is 2. The second-order valence-electron chi connectivity index (χ2n) is 4.14. The second-order valence-corrected chi connectivity index (χ2v) is 4.58. The maximum atomic E-state index is 11.9. The molecule has 3 N–H and O–H groups in total. The molecule has 0 saturated heterocycles. The molecule has 16 heavy (non-hydrogen) atoms. The summed E-state index contributed by atoms with van der Waals surface area (Å²) in [7, 11) is 3.19. The summed E-state index contributed by atoms with van der Waals surface area (Å²) in [6.45, 7) is 3.70. The molecule has 2 amide bonds. The molecule has 0 aromatic heterocycles. The van der Waals surface area contributed by atoms with Gasteiger partial charge in [-0.15, -0.1) is 0 Å². The van der Waals surface area contributed by atoms with E-state index in [0.29, 0.717) is 6.54 Å². The highest BCUT2D eigenvalue weighted by atomic mass is 32.1. The van der Waals surface area contributed by atoms with Gasteiger partial charge in [-0.2, -0.15) is 0 Å². The molecule has 0 rings (SSSR count). The minimum Gasteiger partial charge on any atom is -0.392 e. The molecule has 5 nitrogen and oxygen atoms in total. The van der Waals surface area contributed by atoms with Gasteiger partial charge in [0.2, 0.25) is 11.8 Å². The molecule has 0 saturated carbocycles. The van der Waals surface area contributed by atoms with Gasteiger partial charge in [-0.25, -0.2) is 0 Å². The summed E-state index contributed by atoms with van der Waals surface area (Å²) in [6.07, 6.45) is 0.270. The molecule has 92 valence electrons. The van der Waals surface area contributed by atoms with Crippen molar-refractivity contribution in [3.63, 3.8) is 0 Å². The molecule has 0 aliphatic carbocycles. The van der Waals surface area contributed by atoms with Crippen LogP contribution < -0.4 is 11.1 Å². The van der Waals surface area contributed by atoms with Crippen LogP contribution in [0.25, 0.3) is 0 Å². The van der Waals surface area contributed by atoms with Gasteiger partial charge in [-0.3, -0.25) is 9.59 Å². The average molecular weight is 245 g/mol. The number of nitrogens with zero attached hydrogens (tertiary/aromatic N) is 1. The van der Waals surface area contributed by atoms with E-state index in [4.69, 9.17) is 18.0 Å². The van der Waals surface area contributed by atoms with Crippen LogP contribution >= 0.6 is 12.2 Å². The van der Waals surface area contributed by atoms with Gasteiger partial charge in [0.1, 0.15) is 0 Å². The van der Waals surface area contributed by atoms with Crippen molar-refractivity contribution in [2.45, 2.75) is 20.3 Å². The van der Waals surface area contributed by atoms with E-state index in [0.717, 1.165) is 0 Å². The molecule has 6 heteroatoms. The number of amides is 2. The number of carbonyl (C=O) groups excluding carboxylic acids is 2. The number of nitrogens with two attached hydrogens (primary N) is 1. The van der Waals surface area contributed by atoms with E-state index < -0.39 is 5.41 Å². The number of thiocarbonyl (C=S) groups is 1. The van der Waals surface area contributed by atoms with E-state index >= 15 is 0 Å². The normalized spacial score (nSPS) is 10.8. The predicted molar refractivity (Wildman–Crippen MR) is 66.9 cm³/mol. The molecular weight excluding hydrogens is 226 g/mol. The first kappa shape index (κ1) is 14.8. The highest BCUT2D eigenvalue weighted by Gasteiger charge is 2.33. The standard InChI is InChI=1S/C10H19N3O2S/c1-10(2,8(11)16)9(15)13(4)6-5-7(14)12-3/h5-6H2,1-4H3,(H2,11,16)(H,12,14). The fourth-order valence-electron chi connectivity index (χ4n) is 1.08. The van der Waals surface area contributed by atoms with E-state index in [-0.39, 0.29) is 23.2 Å². The minimum atomic E-state index is -0.868. The molecule has 0 bridgehead atoms. The monoisotopic (exact) mass is 245 g/mol. The van der Waals surface area contributed by atoms with Crippen molar-refractivity contribution in [2.24, 2.45) is 11.1 Å². The Morgan fingerprint density at radius 2 is 1.94 bits per heavy atom. The summed E-state index contributed by atoms with van der Waals surface area (Å²) in [5, 5.41) is 2.49. The summed E-state index contributed by atoms with van der Waals surface area (Å²) in [6, 6.07) is 0. The lowest BCUT2D eigenvalue weighted by molar-refractivity contribution is -0.136. The molecule has 0 heterocycles. The van der Waals surface area contributed by atoms with Gasteiger partial charge in [0.15, 0.2) is 0 Å². The van der Waals surface area contributed by atoms with Crippen molar-refractivity contribution < 1.29 is 9.59 Å². The third-order valence-corrected chi connectivity index (χ3v) is 2.96. The number of rotatable bonds is 5. The topological polar surface area (TPSA) is 75.4 Å². The van der Waals surface area contributed by atoms with Crippen LogP contribution in [0.2, 0.25) is 0 Å². The third-order valence-electron chi connectivity index (χ3n) is 2.45. The zero-order valence-electron chi connectivity index (χ0n) is 10.2. The molecule has 0 aromatic carbocycles. The van der Waals surface area contributed by atoms with Gasteiger partial charge in [0.25, 0.3) is 0 Å². The van der Waals surface area contributed by atoms with E-state index in [2.05, 4.69) is 5.32 Å². The van der Waals surface area contributed by atoms with Gasteiger partial charge in [-0.05, 0) is 13.8 Å². The van der Waals surface area contributed by atoms with Crippen molar-refractivity contribution >= 4 is 29.0 Å². The van der Waals surface area contributed by atoms with E-state index in [1.54, 1.807) is 27.9 Å². The Morgan fingerprint density at radius 1 is 1.44 bits per heavy atom. The first-order valence-electron chi connectivity index (χ1n) is 4.99. The number of nitrogens with one attached hydrogen (secondary N) is 1. The minimum absolute atomic E-state index is 0.104. The van der Waals surface area contributed by atoms with Gasteiger partial charge >= 0.3 is 0 Å². The van der Waals surface area contributed by atoms with Crippen LogP contribution in [0.4, 0.5) is 0 Å². The van der Waals surface area contributed by atoms with Gasteiger partial charge in [-0.1, -0.05) is 12.2 Å². The molecule has 0 radical (unpaired) electrons. The fraction of sp³-hybridized carbons (Fsp3) is 0.700. The Hall–Kier alpha value is -1.17. The molecular formula is C10H19N3O2S. The van der Waals surface area contributed by atoms with Crippen LogP contribution in [0, 0.1) is 5.41 Å². The Labute approximate surface area is 101 Å². The predicted octanol–water partition coefficient (Wildman–Crippen LogP) is -0.107. The molecule has 0 atom stereocenters. The van der Waals surface area contributed by atoms with Crippen molar-refractivity contribution in [3.8, 4) is 0 Å². The van der Waals surface area contributed by atoms with Crippen molar-refractivity contribution in [1.82, 2.24) is 10.2 Å². The quantitative estimate of drug-likeness (QED) is 0.663. The Bertz CT molecular complexity index is 302. The van der Waals surface area contributed by atoms with Crippen LogP contribution in [0.1, 0.15) is 20.3 Å². The third kappa shape index (κ3) is 3.77. The highest BCUT2D eigenvalue weighted by Crippen LogP contribution is 2.18. The lowest BCUT2D eigenvalue weighted by Crippen LogP contribution is -2.46. The number of carbonyl (C=O) groups is 2. The van der Waals surface area contributed by atoms with Crippen molar-refractivity contribution in [1.29, 1.82) is 0 Å². The Kier molecular flexibility index (Phi) is 5.37. The fourth-order valence-corrected chi connectivity index (χ4v) is 1.17. The summed E-state index contributed by atoms with van der Waals surface area (Å²) in [5.74, 6) is -0.281. The lowest BCUT2D eigenvalue weighted by atomic mass is 9.92. The lowest BCUT2D eigenvalue weighted by Gasteiger charge is -2.28. The Balaban J connectivity index is 4.40. The van der Waals surface area contributed by atoms with Crippen LogP contribution in [-0.4, -0.2) is 42.3 Å². The molecule has 0 fully saturated rings. The zero-order valence-corrected chi connectivity index (χ0v) is 11.0. The van der Waals surface area contributed by atoms with Crippen LogP contribution in [0.15, 0.2) is 0 Å². The average Bonchev–Trinajstić information content (AvgIpc) is 2.23. The number of hydrogen-bond acceptors (Lipinski definition) is 3. The van der Waals surface area contributed by atoms with Gasteiger partial charge < -0.3 is 16.0 Å². The van der Waals surface area contributed by atoms with E-state index in [1.807, 2.05) is 0 Å². The smallest absolute Gasteiger partial charge is 0.234 e. The van der Waals surface area contributed by atoms with Crippen molar-refractivity contribution in [2.75, 3.05) is 20.6 Å². The van der Waals surface area contributed by atoms with Gasteiger partial charge in [0.05, 0.1) is 10.4 Å². The maximum Gasteiger partial charge on any atom is 0.234 e. The largest absolute Gasteiger partial charge is 0.392 e. The van der Waals surface area contributed by atoms with Crippen LogP contribution in [-0.2, 0) is 9.59 Å². The summed E-state index contributed by atoms with van der Waals surface area (Å²) < 4.78 is 0. The zero-order chi connectivity index (χ0) is 12.9. The van der Waals surface area contributed by atoms with Crippen LogP contribution in [0.5, 0.6) is 0 Å². The highest BCUT2D eigenvalue weighted by molar-refractivity contribution is 7.80. The first-order chi connectivity index (χ1) is 7.23. The summed E-state index contributed by atoms with van der Waals surface area (Å²) in [5.41, 5.74) is 4.63. The van der Waals surface area contributed by atoms with E-state index in [1.165, 1.54) is 4.90 Å². The molecule has 0 aromatic rings. The molecule has 0 aliphatic rings. The molecule has 0 aliphatic heterocycles. The molecule has 0 unspecified atom stereocenters. The summed E-state index contributed by atoms with van der Waals surface area (Å²) in [4.78, 5) is 24.6. The SMILES string of the molecule is CNC(=O)CCN(C)C(=O)C(C)(C)C(N)=S. The van der Waals surface area contributed by atoms with Crippen molar-refractivity contribution in [3.05, 3.63) is 0 Å². The Morgan fingerprint density at radius 3 is 2.31 bits per heavy atom.